The molecule has 5 nitrogen and oxygen atoms in total. The van der Waals surface area contributed by atoms with Crippen molar-refractivity contribution in [2.45, 2.75) is 13.3 Å². The predicted molar refractivity (Wildman–Crippen MR) is 69.9 cm³/mol. The van der Waals surface area contributed by atoms with Crippen LogP contribution in [0.5, 0.6) is 0 Å². The molecule has 0 spiro atoms. The summed E-state index contributed by atoms with van der Waals surface area (Å²) in [4.78, 5) is 21.7. The molecule has 6 heteroatoms. The monoisotopic (exact) mass is 270 g/mol. The average molecular weight is 271 g/mol. The number of hydrogen-bond donors (Lipinski definition) is 1. The van der Waals surface area contributed by atoms with Gasteiger partial charge in [-0.15, -0.1) is 11.6 Å². The number of halogens is 1. The van der Waals surface area contributed by atoms with E-state index in [0.717, 1.165) is 6.42 Å². The Kier molecular flexibility index (Phi) is 5.58. The van der Waals surface area contributed by atoms with E-state index in [1.54, 1.807) is 0 Å². The lowest BCUT2D eigenvalue weighted by Crippen LogP contribution is -2.28. The van der Waals surface area contributed by atoms with Crippen LogP contribution in [0, 0.1) is 16.0 Å². The van der Waals surface area contributed by atoms with Crippen LogP contribution in [0.3, 0.4) is 0 Å². The van der Waals surface area contributed by atoms with Crippen molar-refractivity contribution in [3.05, 3.63) is 39.9 Å². The molecule has 1 aromatic carbocycles. The van der Waals surface area contributed by atoms with E-state index in [0.29, 0.717) is 23.9 Å². The first-order chi connectivity index (χ1) is 8.54. The van der Waals surface area contributed by atoms with Crippen molar-refractivity contribution < 1.29 is 9.72 Å². The van der Waals surface area contributed by atoms with Gasteiger partial charge in [0.15, 0.2) is 0 Å². The highest BCUT2D eigenvalue weighted by Gasteiger charge is 2.10. The second-order valence-corrected chi connectivity index (χ2v) is 4.47. The van der Waals surface area contributed by atoms with Gasteiger partial charge >= 0.3 is 0 Å². The number of non-ortho nitro benzene ring substituents is 1. The fraction of sp³-hybridized carbons (Fsp3) is 0.417. The van der Waals surface area contributed by atoms with Gasteiger partial charge in [-0.1, -0.05) is 6.92 Å². The number of carbonyl (C=O) groups excluding carboxylic acids is 1. The molecule has 1 aromatic rings. The standard InChI is InChI=1S/C12H15ClN2O3/c1-9(6-7-13)8-14-12(16)10-2-4-11(5-3-10)15(17)18/h2-5,9H,6-8H2,1H3,(H,14,16). The normalized spacial score (nSPS) is 11.9. The SMILES string of the molecule is CC(CCCl)CNC(=O)c1ccc([N+](=O)[O-])cc1. The predicted octanol–water partition coefficient (Wildman–Crippen LogP) is 2.59. The largest absolute Gasteiger partial charge is 0.352 e. The Hall–Kier alpha value is -1.62. The quantitative estimate of drug-likeness (QED) is 0.491. The first kappa shape index (κ1) is 14.4. The van der Waals surface area contributed by atoms with E-state index in [1.807, 2.05) is 6.92 Å². The minimum Gasteiger partial charge on any atom is -0.352 e. The molecule has 0 radical (unpaired) electrons. The van der Waals surface area contributed by atoms with Gasteiger partial charge < -0.3 is 5.32 Å². The maximum atomic E-state index is 11.7. The average Bonchev–Trinajstić information content (AvgIpc) is 2.36. The first-order valence-corrected chi connectivity index (χ1v) is 6.16. The summed E-state index contributed by atoms with van der Waals surface area (Å²) in [6.07, 6.45) is 0.835. The molecule has 1 N–H and O–H groups in total. The van der Waals surface area contributed by atoms with Gasteiger partial charge in [0.2, 0.25) is 0 Å². The first-order valence-electron chi connectivity index (χ1n) is 5.63. The summed E-state index contributed by atoms with van der Waals surface area (Å²) in [7, 11) is 0. The molecule has 0 saturated carbocycles. The van der Waals surface area contributed by atoms with E-state index in [-0.39, 0.29) is 11.6 Å². The maximum absolute atomic E-state index is 11.7. The van der Waals surface area contributed by atoms with E-state index in [4.69, 9.17) is 11.6 Å². The number of nitrogens with one attached hydrogen (secondary N) is 1. The van der Waals surface area contributed by atoms with Gasteiger partial charge in [-0.05, 0) is 24.5 Å². The van der Waals surface area contributed by atoms with Crippen molar-refractivity contribution in [1.82, 2.24) is 5.32 Å². The van der Waals surface area contributed by atoms with Crippen molar-refractivity contribution in [2.75, 3.05) is 12.4 Å². The lowest BCUT2D eigenvalue weighted by molar-refractivity contribution is -0.384. The fourth-order valence-corrected chi connectivity index (χ4v) is 1.76. The van der Waals surface area contributed by atoms with Gasteiger partial charge in [0.1, 0.15) is 0 Å². The molecular weight excluding hydrogens is 256 g/mol. The van der Waals surface area contributed by atoms with Crippen molar-refractivity contribution in [3.8, 4) is 0 Å². The van der Waals surface area contributed by atoms with Crippen molar-refractivity contribution in [1.29, 1.82) is 0 Å². The Morgan fingerprint density at radius 2 is 2.06 bits per heavy atom. The van der Waals surface area contributed by atoms with Crippen LogP contribution >= 0.6 is 11.6 Å². The third kappa shape index (κ3) is 4.33. The maximum Gasteiger partial charge on any atom is 0.269 e. The molecule has 1 unspecified atom stereocenters. The number of amides is 1. The molecular formula is C12H15ClN2O3. The van der Waals surface area contributed by atoms with Crippen LogP contribution < -0.4 is 5.32 Å². The zero-order valence-electron chi connectivity index (χ0n) is 10.1. The number of nitrogens with zero attached hydrogens (tertiary/aromatic N) is 1. The minimum absolute atomic E-state index is 0.0259. The summed E-state index contributed by atoms with van der Waals surface area (Å²) >= 11 is 5.60. The topological polar surface area (TPSA) is 72.2 Å². The van der Waals surface area contributed by atoms with Crippen molar-refractivity contribution in [3.63, 3.8) is 0 Å². The second kappa shape index (κ2) is 6.96. The Morgan fingerprint density at radius 3 is 2.56 bits per heavy atom. The summed E-state index contributed by atoms with van der Waals surface area (Å²) in [5.74, 6) is 0.644. The van der Waals surface area contributed by atoms with E-state index < -0.39 is 4.92 Å². The Labute approximate surface area is 110 Å². The van der Waals surface area contributed by atoms with Crippen molar-refractivity contribution >= 4 is 23.2 Å². The summed E-state index contributed by atoms with van der Waals surface area (Å²) < 4.78 is 0. The number of benzene rings is 1. The number of rotatable bonds is 6. The van der Waals surface area contributed by atoms with Gasteiger partial charge in [0, 0.05) is 30.1 Å². The Bertz CT molecular complexity index is 420. The number of nitro groups is 1. The molecule has 0 saturated heterocycles. The van der Waals surface area contributed by atoms with Crippen LogP contribution in [0.15, 0.2) is 24.3 Å². The highest BCUT2D eigenvalue weighted by Crippen LogP contribution is 2.12. The van der Waals surface area contributed by atoms with Gasteiger partial charge in [-0.3, -0.25) is 14.9 Å². The van der Waals surface area contributed by atoms with E-state index >= 15 is 0 Å². The molecule has 0 aliphatic heterocycles. The lowest BCUT2D eigenvalue weighted by Gasteiger charge is -2.10. The molecule has 98 valence electrons. The lowest BCUT2D eigenvalue weighted by atomic mass is 10.1. The molecule has 0 aromatic heterocycles. The molecule has 0 aliphatic carbocycles. The van der Waals surface area contributed by atoms with Gasteiger partial charge in [0.05, 0.1) is 4.92 Å². The Morgan fingerprint density at radius 1 is 1.44 bits per heavy atom. The highest BCUT2D eigenvalue weighted by molar-refractivity contribution is 6.17. The van der Waals surface area contributed by atoms with Crippen molar-refractivity contribution in [2.24, 2.45) is 5.92 Å². The van der Waals surface area contributed by atoms with Gasteiger partial charge in [-0.25, -0.2) is 0 Å². The van der Waals surface area contributed by atoms with Gasteiger partial charge in [0.25, 0.3) is 11.6 Å². The molecule has 0 bridgehead atoms. The Balaban J connectivity index is 2.54. The summed E-state index contributed by atoms with van der Waals surface area (Å²) in [5, 5.41) is 13.2. The number of nitro benzene ring substituents is 1. The van der Waals surface area contributed by atoms with Crippen LogP contribution in [0.4, 0.5) is 5.69 Å². The van der Waals surface area contributed by atoms with E-state index in [9.17, 15) is 14.9 Å². The van der Waals surface area contributed by atoms with Gasteiger partial charge in [-0.2, -0.15) is 0 Å². The molecule has 18 heavy (non-hydrogen) atoms. The molecule has 1 amide bonds. The summed E-state index contributed by atoms with van der Waals surface area (Å²) in [6, 6.07) is 5.52. The second-order valence-electron chi connectivity index (χ2n) is 4.10. The zero-order valence-corrected chi connectivity index (χ0v) is 10.8. The molecule has 0 fully saturated rings. The molecule has 0 heterocycles. The highest BCUT2D eigenvalue weighted by atomic mass is 35.5. The molecule has 1 rings (SSSR count). The molecule has 0 aliphatic rings. The fourth-order valence-electron chi connectivity index (χ4n) is 1.39. The molecule has 1 atom stereocenters. The smallest absolute Gasteiger partial charge is 0.269 e. The van der Waals surface area contributed by atoms with E-state index in [1.165, 1.54) is 24.3 Å². The number of alkyl halides is 1. The van der Waals surface area contributed by atoms with Crippen LogP contribution in [0.2, 0.25) is 0 Å². The summed E-state index contributed by atoms with van der Waals surface area (Å²) in [6.45, 7) is 2.54. The zero-order chi connectivity index (χ0) is 13.5. The third-order valence-corrected chi connectivity index (χ3v) is 2.77. The van der Waals surface area contributed by atoms with Crippen LogP contribution in [0.1, 0.15) is 23.7 Å². The van der Waals surface area contributed by atoms with E-state index in [2.05, 4.69) is 5.32 Å². The van der Waals surface area contributed by atoms with Crippen LogP contribution in [-0.4, -0.2) is 23.3 Å². The number of hydrogen-bond acceptors (Lipinski definition) is 3. The third-order valence-electron chi connectivity index (χ3n) is 2.55. The van der Waals surface area contributed by atoms with Crippen LogP contribution in [-0.2, 0) is 0 Å². The minimum atomic E-state index is -0.496. The van der Waals surface area contributed by atoms with Crippen LogP contribution in [0.25, 0.3) is 0 Å². The number of carbonyl (C=O) groups is 1. The summed E-state index contributed by atoms with van der Waals surface area (Å²) in [5.41, 5.74) is 0.390.